The second-order valence-corrected chi connectivity index (χ2v) is 7.24. The largest absolute Gasteiger partial charge is 0.394 e. The Morgan fingerprint density at radius 3 is 1.74 bits per heavy atom. The lowest BCUT2D eigenvalue weighted by atomic mass is 9.84. The predicted octanol–water partition coefficient (Wildman–Crippen LogP) is 3.81. The van der Waals surface area contributed by atoms with Gasteiger partial charge in [0.2, 0.25) is 0 Å². The summed E-state index contributed by atoms with van der Waals surface area (Å²) in [6.07, 6.45) is 0. The van der Waals surface area contributed by atoms with Gasteiger partial charge >= 0.3 is 0 Å². The van der Waals surface area contributed by atoms with E-state index in [-0.39, 0.29) is 17.6 Å². The van der Waals surface area contributed by atoms with Crippen molar-refractivity contribution in [2.75, 3.05) is 18.6 Å². The number of nitrogens with zero attached hydrogens (tertiary/aromatic N) is 1. The standard InChI is InChI=1S/C17H29NO/c1-12-9-14(16(3,4)5)10-13(2)15(12)18(8)17(6,7)11-19/h9-10,19H,11H2,1-8H3. The monoisotopic (exact) mass is 263 g/mol. The first-order valence-electron chi connectivity index (χ1n) is 6.97. The molecule has 1 aromatic rings. The number of hydrogen-bond acceptors (Lipinski definition) is 2. The zero-order valence-corrected chi connectivity index (χ0v) is 13.8. The van der Waals surface area contributed by atoms with Crippen LogP contribution >= 0.6 is 0 Å². The fraction of sp³-hybridized carbons (Fsp3) is 0.647. The molecule has 0 radical (unpaired) electrons. The Bertz CT molecular complexity index is 432. The molecule has 0 aliphatic heterocycles. The van der Waals surface area contributed by atoms with Gasteiger partial charge in [-0.05, 0) is 49.8 Å². The van der Waals surface area contributed by atoms with E-state index >= 15 is 0 Å². The van der Waals surface area contributed by atoms with Crippen molar-refractivity contribution in [1.82, 2.24) is 0 Å². The minimum absolute atomic E-state index is 0.142. The minimum atomic E-state index is -0.251. The van der Waals surface area contributed by atoms with Gasteiger partial charge in [0.1, 0.15) is 0 Å². The van der Waals surface area contributed by atoms with Crippen molar-refractivity contribution in [1.29, 1.82) is 0 Å². The topological polar surface area (TPSA) is 23.5 Å². The zero-order valence-electron chi connectivity index (χ0n) is 13.8. The molecular weight excluding hydrogens is 234 g/mol. The molecule has 0 amide bonds. The van der Waals surface area contributed by atoms with E-state index in [4.69, 9.17) is 0 Å². The molecule has 0 bridgehead atoms. The second-order valence-electron chi connectivity index (χ2n) is 7.24. The van der Waals surface area contributed by atoms with E-state index in [1.807, 2.05) is 0 Å². The van der Waals surface area contributed by atoms with Crippen molar-refractivity contribution >= 4 is 5.69 Å². The Balaban J connectivity index is 3.33. The number of rotatable bonds is 3. The highest BCUT2D eigenvalue weighted by molar-refractivity contribution is 5.62. The Kier molecular flexibility index (Phi) is 4.36. The van der Waals surface area contributed by atoms with E-state index in [1.165, 1.54) is 22.4 Å². The third kappa shape index (κ3) is 3.30. The van der Waals surface area contributed by atoms with E-state index < -0.39 is 0 Å². The maximum atomic E-state index is 9.55. The molecule has 0 saturated heterocycles. The maximum absolute atomic E-state index is 9.55. The van der Waals surface area contributed by atoms with Gasteiger partial charge in [0.05, 0.1) is 12.1 Å². The second kappa shape index (κ2) is 5.16. The fourth-order valence-corrected chi connectivity index (χ4v) is 2.33. The van der Waals surface area contributed by atoms with Gasteiger partial charge in [0.15, 0.2) is 0 Å². The van der Waals surface area contributed by atoms with Crippen LogP contribution in [0.25, 0.3) is 0 Å². The van der Waals surface area contributed by atoms with Crippen LogP contribution in [0.5, 0.6) is 0 Å². The van der Waals surface area contributed by atoms with Crippen molar-refractivity contribution < 1.29 is 5.11 Å². The van der Waals surface area contributed by atoms with Crippen LogP contribution < -0.4 is 4.90 Å². The quantitative estimate of drug-likeness (QED) is 0.896. The van der Waals surface area contributed by atoms with Crippen molar-refractivity contribution in [2.45, 2.75) is 59.4 Å². The summed E-state index contributed by atoms with van der Waals surface area (Å²) in [6, 6.07) is 4.54. The van der Waals surface area contributed by atoms with E-state index in [1.54, 1.807) is 0 Å². The predicted molar refractivity (Wildman–Crippen MR) is 84.2 cm³/mol. The minimum Gasteiger partial charge on any atom is -0.394 e. The summed E-state index contributed by atoms with van der Waals surface area (Å²) in [4.78, 5) is 2.18. The molecule has 0 unspecified atom stereocenters. The molecule has 1 rings (SSSR count). The molecule has 1 aromatic carbocycles. The molecule has 0 aliphatic carbocycles. The lowest BCUT2D eigenvalue weighted by Crippen LogP contribution is -2.45. The molecule has 2 heteroatoms. The molecule has 19 heavy (non-hydrogen) atoms. The first-order chi connectivity index (χ1) is 8.50. The number of aliphatic hydroxyl groups is 1. The van der Waals surface area contributed by atoms with E-state index in [2.05, 4.69) is 72.5 Å². The Morgan fingerprint density at radius 1 is 1.00 bits per heavy atom. The zero-order chi connectivity index (χ0) is 15.0. The van der Waals surface area contributed by atoms with Crippen LogP contribution in [0.1, 0.15) is 51.3 Å². The SMILES string of the molecule is Cc1cc(C(C)(C)C)cc(C)c1N(C)C(C)(C)CO. The van der Waals surface area contributed by atoms with Crippen molar-refractivity contribution in [3.8, 4) is 0 Å². The molecule has 0 fully saturated rings. The molecule has 0 spiro atoms. The third-order valence-electron chi connectivity index (χ3n) is 3.99. The molecule has 1 N–H and O–H groups in total. The van der Waals surface area contributed by atoms with Crippen LogP contribution in [0, 0.1) is 13.8 Å². The van der Waals surface area contributed by atoms with Gasteiger partial charge in [-0.1, -0.05) is 32.9 Å². The lowest BCUT2D eigenvalue weighted by Gasteiger charge is -2.38. The van der Waals surface area contributed by atoms with Crippen LogP contribution in [-0.2, 0) is 5.41 Å². The number of likely N-dealkylation sites (N-methyl/N-ethyl adjacent to an activating group) is 1. The smallest absolute Gasteiger partial charge is 0.0658 e. The Hall–Kier alpha value is -1.02. The van der Waals surface area contributed by atoms with E-state index in [0.29, 0.717) is 0 Å². The van der Waals surface area contributed by atoms with Gasteiger partial charge in [-0.25, -0.2) is 0 Å². The third-order valence-corrected chi connectivity index (χ3v) is 3.99. The molecule has 0 aromatic heterocycles. The molecular formula is C17H29NO. The highest BCUT2D eigenvalue weighted by atomic mass is 16.3. The molecule has 0 saturated carbocycles. The highest BCUT2D eigenvalue weighted by Crippen LogP contribution is 2.33. The van der Waals surface area contributed by atoms with Crippen LogP contribution in [-0.4, -0.2) is 24.3 Å². The van der Waals surface area contributed by atoms with Crippen LogP contribution in [0.4, 0.5) is 5.69 Å². The average Bonchev–Trinajstić information content (AvgIpc) is 2.26. The van der Waals surface area contributed by atoms with Crippen LogP contribution in [0.2, 0.25) is 0 Å². The summed E-state index contributed by atoms with van der Waals surface area (Å²) in [5.74, 6) is 0. The summed E-state index contributed by atoms with van der Waals surface area (Å²) in [5, 5.41) is 9.55. The number of aliphatic hydroxyl groups excluding tert-OH is 1. The number of anilines is 1. The van der Waals surface area contributed by atoms with Crippen LogP contribution in [0.15, 0.2) is 12.1 Å². The molecule has 0 heterocycles. The first kappa shape index (κ1) is 16.0. The van der Waals surface area contributed by atoms with Crippen molar-refractivity contribution in [2.24, 2.45) is 0 Å². The fourth-order valence-electron chi connectivity index (χ4n) is 2.33. The molecule has 0 aliphatic rings. The van der Waals surface area contributed by atoms with E-state index in [9.17, 15) is 5.11 Å². The van der Waals surface area contributed by atoms with Crippen molar-refractivity contribution in [3.63, 3.8) is 0 Å². The summed E-state index contributed by atoms with van der Waals surface area (Å²) >= 11 is 0. The summed E-state index contributed by atoms with van der Waals surface area (Å²) in [5.41, 5.74) is 5.05. The van der Waals surface area contributed by atoms with Crippen LogP contribution in [0.3, 0.4) is 0 Å². The summed E-state index contributed by atoms with van der Waals surface area (Å²) < 4.78 is 0. The summed E-state index contributed by atoms with van der Waals surface area (Å²) in [7, 11) is 2.06. The van der Waals surface area contributed by atoms with Gasteiger partial charge < -0.3 is 10.0 Å². The Morgan fingerprint density at radius 2 is 1.42 bits per heavy atom. The van der Waals surface area contributed by atoms with Gasteiger partial charge in [-0.15, -0.1) is 0 Å². The molecule has 2 nitrogen and oxygen atoms in total. The number of hydrogen-bond donors (Lipinski definition) is 1. The van der Waals surface area contributed by atoms with Gasteiger partial charge in [0.25, 0.3) is 0 Å². The summed E-state index contributed by atoms with van der Waals surface area (Å²) in [6.45, 7) is 15.3. The normalized spacial score (nSPS) is 12.7. The van der Waals surface area contributed by atoms with Gasteiger partial charge in [-0.2, -0.15) is 0 Å². The number of aryl methyl sites for hydroxylation is 2. The van der Waals surface area contributed by atoms with Crippen molar-refractivity contribution in [3.05, 3.63) is 28.8 Å². The highest BCUT2D eigenvalue weighted by Gasteiger charge is 2.26. The molecule has 108 valence electrons. The van der Waals surface area contributed by atoms with E-state index in [0.717, 1.165) is 0 Å². The average molecular weight is 263 g/mol. The Labute approximate surface area is 118 Å². The number of benzene rings is 1. The van der Waals surface area contributed by atoms with Gasteiger partial charge in [-0.3, -0.25) is 0 Å². The van der Waals surface area contributed by atoms with Gasteiger partial charge in [0, 0.05) is 12.7 Å². The molecule has 0 atom stereocenters. The lowest BCUT2D eigenvalue weighted by molar-refractivity contribution is 0.216. The first-order valence-corrected chi connectivity index (χ1v) is 6.97. The maximum Gasteiger partial charge on any atom is 0.0658 e.